The predicted molar refractivity (Wildman–Crippen MR) is 240 cm³/mol. The Morgan fingerprint density at radius 3 is 2.02 bits per heavy atom. The number of likely N-dealkylation sites (N-methyl/N-ethyl adjacent to an activating group) is 1. The van der Waals surface area contributed by atoms with E-state index in [0.717, 1.165) is 57.5 Å². The van der Waals surface area contributed by atoms with E-state index >= 15 is 0 Å². The maximum atomic E-state index is 6.82. The van der Waals surface area contributed by atoms with Crippen LogP contribution in [0.1, 0.15) is 76.1 Å². The average Bonchev–Trinajstić information content (AvgIpc) is 3.51. The van der Waals surface area contributed by atoms with Crippen LogP contribution in [0.3, 0.4) is 0 Å². The van der Waals surface area contributed by atoms with Crippen LogP contribution in [0, 0.1) is 16.6 Å². The fourth-order valence-corrected chi connectivity index (χ4v) is 10.2. The summed E-state index contributed by atoms with van der Waals surface area (Å²) in [4.78, 5) is 10.0. The number of hydrogen-bond donors (Lipinski definition) is 0. The van der Waals surface area contributed by atoms with E-state index in [4.69, 9.17) is 9.72 Å². The summed E-state index contributed by atoms with van der Waals surface area (Å²) in [5.41, 5.74) is 13.4. The third kappa shape index (κ3) is 7.55. The van der Waals surface area contributed by atoms with Crippen LogP contribution in [-0.2, 0) is 30.2 Å². The first kappa shape index (κ1) is 39.4. The second kappa shape index (κ2) is 15.2. The Morgan fingerprint density at radius 2 is 1.34 bits per heavy atom. The van der Waals surface area contributed by atoms with Crippen molar-refractivity contribution in [3.8, 4) is 34.0 Å². The van der Waals surface area contributed by atoms with Crippen molar-refractivity contribution in [3.05, 3.63) is 154 Å². The molecule has 5 aromatic carbocycles. The Morgan fingerprint density at radius 1 is 0.678 bits per heavy atom. The maximum absolute atomic E-state index is 6.82. The number of nitrogens with zero attached hydrogens (tertiary/aromatic N) is 5. The molecule has 1 fully saturated rings. The smallest absolute Gasteiger partial charge is 0.0622 e. The van der Waals surface area contributed by atoms with E-state index in [1.807, 2.05) is 6.20 Å². The standard InChI is InChI=1S/C52H55N5O.Pt/c1-35-25-50(53-31-45(35)36-15-10-9-11-16-36)55-32-37-23-24-54(8)33-46(37)44-22-21-43(30-49(44)55)58-42-18-14-17-40(29-42)56-34-57(48-20-13-12-19-47(48)56)41-27-38(51(2,3)4)26-39(28-41)52(5,6)7;/h9-22,25-31,37,46H,23-24,32-33H2,1-8H3;. The number of aryl methyl sites for hydroxylation is 1. The summed E-state index contributed by atoms with van der Waals surface area (Å²) in [5.74, 6) is 3.65. The molecule has 4 heterocycles. The molecule has 0 bridgehead atoms. The van der Waals surface area contributed by atoms with Crippen LogP contribution >= 0.6 is 0 Å². The Labute approximate surface area is 360 Å². The van der Waals surface area contributed by atoms with Gasteiger partial charge in [0.2, 0.25) is 0 Å². The number of pyridine rings is 1. The fraction of sp³-hybridized carbons (Fsp3) is 0.308. The number of anilines is 2. The number of hydrogen-bond acceptors (Lipinski definition) is 4. The zero-order valence-corrected chi connectivity index (χ0v) is 37.8. The van der Waals surface area contributed by atoms with Gasteiger partial charge in [0.25, 0.3) is 0 Å². The molecule has 7 heteroatoms. The topological polar surface area (TPSA) is 38.5 Å². The van der Waals surface area contributed by atoms with Crippen LogP contribution in [0.4, 0.5) is 11.5 Å². The molecular weight excluding hydrogens is 906 g/mol. The SMILES string of the molecule is Cc1cc(N2CC3CCN(C)CC3c3ccc(Oc4cccc(-n5[c](=[Pt])n(-c6cc(C(C)(C)C)cc(C(C)(C)C)c6)c6ccccc65)c4)cc32)ncc1-c1ccccc1. The Balaban J connectivity index is 1.09. The zero-order valence-electron chi connectivity index (χ0n) is 35.6. The molecule has 0 radical (unpaired) electrons. The van der Waals surface area contributed by atoms with E-state index in [-0.39, 0.29) is 10.8 Å². The predicted octanol–water partition coefficient (Wildman–Crippen LogP) is 12.4. The second-order valence-electron chi connectivity index (χ2n) is 18.7. The van der Waals surface area contributed by atoms with E-state index < -0.39 is 0 Å². The van der Waals surface area contributed by atoms with Gasteiger partial charge in [-0.2, -0.15) is 0 Å². The Hall–Kier alpha value is -5.03. The van der Waals surface area contributed by atoms with E-state index in [2.05, 4.69) is 215 Å². The molecule has 7 aromatic rings. The van der Waals surface area contributed by atoms with Crippen molar-refractivity contribution in [2.24, 2.45) is 5.92 Å². The second-order valence-corrected chi connectivity index (χ2v) is 19.8. The first-order chi connectivity index (χ1) is 28.2. The van der Waals surface area contributed by atoms with Crippen LogP contribution in [0.15, 0.2) is 128 Å². The molecule has 0 saturated carbocycles. The molecule has 2 aromatic heterocycles. The van der Waals surface area contributed by atoms with Crippen molar-refractivity contribution in [3.63, 3.8) is 0 Å². The molecule has 304 valence electrons. The monoisotopic (exact) mass is 960 g/mol. The number of imidazole rings is 1. The number of fused-ring (bicyclic) bond motifs is 4. The molecular formula is C52H55N5OPt. The summed E-state index contributed by atoms with van der Waals surface area (Å²) in [6.45, 7) is 19.1. The molecule has 9 rings (SSSR count). The van der Waals surface area contributed by atoms with Gasteiger partial charge in [0.1, 0.15) is 0 Å². The third-order valence-corrected chi connectivity index (χ3v) is 13.5. The van der Waals surface area contributed by atoms with Gasteiger partial charge in [0.05, 0.1) is 0 Å². The summed E-state index contributed by atoms with van der Waals surface area (Å²) in [5, 5.41) is 0. The molecule has 0 aliphatic carbocycles. The molecule has 59 heavy (non-hydrogen) atoms. The zero-order chi connectivity index (χ0) is 41.2. The van der Waals surface area contributed by atoms with Gasteiger partial charge in [-0.05, 0) is 38.1 Å². The third-order valence-electron chi connectivity index (χ3n) is 12.5. The summed E-state index contributed by atoms with van der Waals surface area (Å²) < 4.78 is 12.7. The molecule has 2 unspecified atom stereocenters. The molecule has 2 aliphatic rings. The first-order valence-corrected chi connectivity index (χ1v) is 22.1. The van der Waals surface area contributed by atoms with Gasteiger partial charge in [0, 0.05) is 11.8 Å². The number of aromatic nitrogens is 3. The van der Waals surface area contributed by atoms with Crippen molar-refractivity contribution in [1.29, 1.82) is 0 Å². The van der Waals surface area contributed by atoms with Crippen molar-refractivity contribution < 1.29 is 24.1 Å². The first-order valence-electron chi connectivity index (χ1n) is 21.0. The van der Waals surface area contributed by atoms with Gasteiger partial charge in [-0.1, -0.05) is 30.3 Å². The van der Waals surface area contributed by atoms with Crippen molar-refractivity contribution in [1.82, 2.24) is 19.0 Å². The normalized spacial score (nSPS) is 17.2. The molecule has 2 atom stereocenters. The van der Waals surface area contributed by atoms with Crippen LogP contribution in [-0.4, -0.2) is 45.7 Å². The number of rotatable bonds is 6. The van der Waals surface area contributed by atoms with Crippen molar-refractivity contribution in [2.45, 2.75) is 71.6 Å². The minimum absolute atomic E-state index is 0.0108. The van der Waals surface area contributed by atoms with Gasteiger partial charge < -0.3 is 4.90 Å². The summed E-state index contributed by atoms with van der Waals surface area (Å²) in [6, 6.07) is 43.9. The van der Waals surface area contributed by atoms with E-state index in [1.165, 1.54) is 51.2 Å². The minimum Gasteiger partial charge on any atom is -0.0622 e. The number of para-hydroxylation sites is 2. The number of ether oxygens (including phenoxy) is 1. The number of benzene rings is 5. The van der Waals surface area contributed by atoms with Crippen LogP contribution in [0.25, 0.3) is 33.5 Å². The molecule has 0 N–H and O–H groups in total. The quantitative estimate of drug-likeness (QED) is 0.166. The molecule has 2 aliphatic heterocycles. The van der Waals surface area contributed by atoms with Gasteiger partial charge >= 0.3 is 277 Å². The van der Waals surface area contributed by atoms with Gasteiger partial charge in [-0.25, -0.2) is 0 Å². The van der Waals surface area contributed by atoms with E-state index in [0.29, 0.717) is 11.8 Å². The van der Waals surface area contributed by atoms with Crippen LogP contribution in [0.5, 0.6) is 11.5 Å². The average molecular weight is 961 g/mol. The van der Waals surface area contributed by atoms with Gasteiger partial charge in [-0.15, -0.1) is 0 Å². The van der Waals surface area contributed by atoms with Crippen molar-refractivity contribution >= 4 is 22.5 Å². The fourth-order valence-electron chi connectivity index (χ4n) is 9.06. The van der Waals surface area contributed by atoms with Gasteiger partial charge in [0.15, 0.2) is 0 Å². The van der Waals surface area contributed by atoms with E-state index in [1.54, 1.807) is 0 Å². The minimum atomic E-state index is 0.0108. The molecule has 0 amide bonds. The molecule has 1 saturated heterocycles. The molecule has 6 nitrogen and oxygen atoms in total. The number of likely N-dealkylation sites (tertiary alicyclic amines) is 1. The van der Waals surface area contributed by atoms with Gasteiger partial charge in [-0.3, -0.25) is 0 Å². The Kier molecular flexibility index (Phi) is 10.2. The summed E-state index contributed by atoms with van der Waals surface area (Å²) in [6.07, 6.45) is 3.23. The van der Waals surface area contributed by atoms with Crippen LogP contribution < -0.4 is 9.64 Å². The summed E-state index contributed by atoms with van der Waals surface area (Å²) >= 11 is 2.50. The Bertz CT molecular complexity index is 2720. The van der Waals surface area contributed by atoms with Crippen LogP contribution in [0.2, 0.25) is 0 Å². The number of piperidine rings is 1. The summed E-state index contributed by atoms with van der Waals surface area (Å²) in [7, 11) is 2.25. The van der Waals surface area contributed by atoms with Crippen molar-refractivity contribution in [2.75, 3.05) is 31.6 Å². The molecule has 0 spiro atoms. The van der Waals surface area contributed by atoms with E-state index in [9.17, 15) is 0 Å².